The van der Waals surface area contributed by atoms with Gasteiger partial charge in [0.25, 0.3) is 5.69 Å². The summed E-state index contributed by atoms with van der Waals surface area (Å²) in [6.45, 7) is 0.565. The topological polar surface area (TPSA) is 201 Å². The van der Waals surface area contributed by atoms with Crippen LogP contribution in [0.25, 0.3) is 0 Å². The number of hydrogen-bond donors (Lipinski definition) is 4. The maximum atomic E-state index is 12.5. The Morgan fingerprint density at radius 1 is 1.41 bits per heavy atom. The Hall–Kier alpha value is -4.24. The van der Waals surface area contributed by atoms with E-state index in [4.69, 9.17) is 19.9 Å². The number of nitrogens with two attached hydrogens (primary N) is 1. The van der Waals surface area contributed by atoms with E-state index < -0.39 is 66.1 Å². The first-order chi connectivity index (χ1) is 20.8. The fourth-order valence-electron chi connectivity index (χ4n) is 4.43. The zero-order valence-electron chi connectivity index (χ0n) is 23.8. The molecule has 1 unspecified atom stereocenters. The van der Waals surface area contributed by atoms with Gasteiger partial charge >= 0.3 is 17.8 Å². The molecule has 5 N–H and O–H groups in total. The van der Waals surface area contributed by atoms with Crippen LogP contribution < -0.4 is 21.5 Å². The van der Waals surface area contributed by atoms with Crippen LogP contribution in [0, 0.1) is 22.0 Å². The lowest BCUT2D eigenvalue weighted by atomic mass is 9.99. The van der Waals surface area contributed by atoms with Gasteiger partial charge in [0.15, 0.2) is 0 Å². The highest BCUT2D eigenvalue weighted by Gasteiger charge is 2.38. The number of nitro groups is 1. The second kappa shape index (κ2) is 15.0. The van der Waals surface area contributed by atoms with Crippen LogP contribution in [-0.4, -0.2) is 69.2 Å². The number of carbonyl (C=O) groups excluding carboxylic acids is 1. The Morgan fingerprint density at radius 3 is 2.73 bits per heavy atom. The Morgan fingerprint density at radius 2 is 2.14 bits per heavy atom. The predicted octanol–water partition coefficient (Wildman–Crippen LogP) is 1.86. The number of alkyl halides is 3. The van der Waals surface area contributed by atoms with E-state index in [1.54, 1.807) is 5.32 Å². The molecule has 0 spiro atoms. The lowest BCUT2D eigenvalue weighted by Crippen LogP contribution is -2.36. The minimum atomic E-state index is -5.08. The summed E-state index contributed by atoms with van der Waals surface area (Å²) < 4.78 is 55.3. The van der Waals surface area contributed by atoms with E-state index in [1.807, 2.05) is 6.92 Å². The zero-order chi connectivity index (χ0) is 32.6. The van der Waals surface area contributed by atoms with Gasteiger partial charge in [0, 0.05) is 24.2 Å². The van der Waals surface area contributed by atoms with Crippen molar-refractivity contribution in [1.29, 1.82) is 0 Å². The number of aliphatic hydroxyl groups excluding tert-OH is 2. The van der Waals surface area contributed by atoms with Crippen LogP contribution in [0.3, 0.4) is 0 Å². The minimum absolute atomic E-state index is 0.00101. The monoisotopic (exact) mass is 627 g/mol. The van der Waals surface area contributed by atoms with Gasteiger partial charge in [0.2, 0.25) is 0 Å². The summed E-state index contributed by atoms with van der Waals surface area (Å²) in [5.41, 5.74) is 5.21. The van der Waals surface area contributed by atoms with Crippen molar-refractivity contribution >= 4 is 17.4 Å². The molecule has 1 aliphatic heterocycles. The largest absolute Gasteiger partial charge is 0.495 e. The Balaban J connectivity index is 1.91. The van der Waals surface area contributed by atoms with Crippen LogP contribution in [0.5, 0.6) is 5.75 Å². The molecule has 0 bridgehead atoms. The number of nitrogen functional groups attached to an aromatic ring is 1. The average Bonchev–Trinajstić information content (AvgIpc) is 3.35. The van der Waals surface area contributed by atoms with E-state index >= 15 is 0 Å². The van der Waals surface area contributed by atoms with Gasteiger partial charge in [-0.05, 0) is 12.5 Å². The lowest BCUT2D eigenvalue weighted by molar-refractivity contribution is -0.386. The number of methoxy groups -OCH3 is 1. The van der Waals surface area contributed by atoms with Crippen molar-refractivity contribution in [3.05, 3.63) is 55.6 Å². The first-order valence-corrected chi connectivity index (χ1v) is 13.4. The number of nitrogens with zero attached hydrogens (tertiary/aromatic N) is 3. The highest BCUT2D eigenvalue weighted by atomic mass is 19.4. The van der Waals surface area contributed by atoms with Gasteiger partial charge in [-0.25, -0.2) is 4.79 Å². The quantitative estimate of drug-likeness (QED) is 0.152. The maximum Gasteiger partial charge on any atom is 0.471 e. The summed E-state index contributed by atoms with van der Waals surface area (Å²) in [6, 6.07) is 2.45. The number of halogens is 3. The number of amides is 1. The van der Waals surface area contributed by atoms with Gasteiger partial charge < -0.3 is 35.5 Å². The molecule has 1 aromatic heterocycles. The molecule has 1 fully saturated rings. The van der Waals surface area contributed by atoms with Gasteiger partial charge in [-0.15, -0.1) is 0 Å². The normalized spacial score (nSPS) is 18.8. The molecule has 0 radical (unpaired) electrons. The van der Waals surface area contributed by atoms with Crippen molar-refractivity contribution in [3.8, 4) is 17.6 Å². The van der Waals surface area contributed by atoms with Gasteiger partial charge in [-0.1, -0.05) is 31.6 Å². The number of unbranched alkanes of at least 4 members (excludes halogenated alkanes) is 1. The molecule has 4 atom stereocenters. The molecule has 44 heavy (non-hydrogen) atoms. The number of rotatable bonds is 12. The second-order valence-corrected chi connectivity index (χ2v) is 9.75. The van der Waals surface area contributed by atoms with Crippen molar-refractivity contribution in [2.45, 2.75) is 69.9 Å². The van der Waals surface area contributed by atoms with Crippen molar-refractivity contribution in [3.63, 3.8) is 0 Å². The summed E-state index contributed by atoms with van der Waals surface area (Å²) in [5, 5.41) is 33.1. The van der Waals surface area contributed by atoms with E-state index in [0.717, 1.165) is 17.1 Å². The summed E-state index contributed by atoms with van der Waals surface area (Å²) >= 11 is 0. The number of hydrogen-bond acceptors (Lipinski definition) is 11. The molecule has 2 heterocycles. The van der Waals surface area contributed by atoms with Crippen LogP contribution >= 0.6 is 0 Å². The lowest BCUT2D eigenvalue weighted by Gasteiger charge is -2.21. The molecule has 14 nitrogen and oxygen atoms in total. The predicted molar refractivity (Wildman–Crippen MR) is 147 cm³/mol. The number of aromatic nitrogens is 2. The molecule has 17 heteroatoms. The molecule has 3 rings (SSSR count). The highest BCUT2D eigenvalue weighted by molar-refractivity contribution is 5.81. The molecule has 1 saturated heterocycles. The first kappa shape index (κ1) is 34.3. The van der Waals surface area contributed by atoms with Crippen molar-refractivity contribution in [1.82, 2.24) is 14.9 Å². The number of nitro benzene ring substituents is 1. The molecule has 0 aliphatic carbocycles. The van der Waals surface area contributed by atoms with E-state index in [2.05, 4.69) is 16.8 Å². The van der Waals surface area contributed by atoms with Crippen LogP contribution in [0.4, 0.5) is 24.7 Å². The van der Waals surface area contributed by atoms with Crippen LogP contribution in [0.15, 0.2) is 23.1 Å². The van der Waals surface area contributed by atoms with Gasteiger partial charge in [-0.2, -0.15) is 18.2 Å². The van der Waals surface area contributed by atoms with Crippen molar-refractivity contribution in [2.75, 3.05) is 26.0 Å². The summed E-state index contributed by atoms with van der Waals surface area (Å²) in [6.07, 6.45) is -5.74. The van der Waals surface area contributed by atoms with Crippen LogP contribution in [0.2, 0.25) is 0 Å². The van der Waals surface area contributed by atoms with Crippen LogP contribution in [-0.2, 0) is 20.9 Å². The number of aliphatic hydroxyl groups is 2. The number of benzene rings is 1. The third-order valence-corrected chi connectivity index (χ3v) is 6.73. The highest BCUT2D eigenvalue weighted by Crippen LogP contribution is 2.37. The zero-order valence-corrected chi connectivity index (χ0v) is 23.8. The Labute approximate surface area is 249 Å². The molecule has 1 aliphatic rings. The number of ether oxygens (including phenoxy) is 3. The van der Waals surface area contributed by atoms with E-state index in [9.17, 15) is 43.1 Å². The fourth-order valence-corrected chi connectivity index (χ4v) is 4.43. The van der Waals surface area contributed by atoms with Gasteiger partial charge in [0.1, 0.15) is 23.9 Å². The molecule has 240 valence electrons. The SMILES string of the molecule is CCCC[C@H](OCc1cn([C@H]2C[C@@H](O)C(CO)O2)c(=O)nc1N)c1cc(OC)c(C#CCNC(=O)C(F)(F)F)cc1[N+](=O)[O-]. The maximum absolute atomic E-state index is 12.5. The molecule has 0 saturated carbocycles. The van der Waals surface area contributed by atoms with Crippen molar-refractivity contribution < 1.29 is 47.3 Å². The summed E-state index contributed by atoms with van der Waals surface area (Å²) in [7, 11) is 1.28. The average molecular weight is 628 g/mol. The van der Waals surface area contributed by atoms with E-state index in [-0.39, 0.29) is 41.3 Å². The van der Waals surface area contributed by atoms with Gasteiger partial charge in [0.05, 0.1) is 55.1 Å². The van der Waals surface area contributed by atoms with Crippen molar-refractivity contribution in [2.24, 2.45) is 0 Å². The third-order valence-electron chi connectivity index (χ3n) is 6.73. The Bertz CT molecular complexity index is 1470. The van der Waals surface area contributed by atoms with Gasteiger partial charge in [-0.3, -0.25) is 19.5 Å². The first-order valence-electron chi connectivity index (χ1n) is 13.4. The van der Waals surface area contributed by atoms with E-state index in [0.29, 0.717) is 12.8 Å². The third kappa shape index (κ3) is 8.44. The standard InChI is InChI=1S/C27H32F3N5O9/c1-3-4-7-20(43-14-16-12-34(26(39)33-24(16)31)23-11-19(37)22(13-36)44-23)17-10-21(42-2)15(9-18(17)35(40)41)6-5-8-32-25(38)27(28,29)30/h9-10,12,19-20,22-23,36-37H,3-4,7-8,11,13-14H2,1-2H3,(H,32,38)(H2,31,33,39)/t19-,20+,22?,23-/m1/s1. The molecule has 1 amide bonds. The second-order valence-electron chi connectivity index (χ2n) is 9.75. The Kier molecular flexibility index (Phi) is 11.7. The molecular weight excluding hydrogens is 595 g/mol. The number of nitrogens with one attached hydrogen (secondary N) is 1. The number of carbonyl (C=O) groups is 1. The number of anilines is 1. The minimum Gasteiger partial charge on any atom is -0.495 e. The fraction of sp³-hybridized carbons (Fsp3) is 0.519. The molecule has 1 aromatic carbocycles. The van der Waals surface area contributed by atoms with Crippen LogP contribution in [0.1, 0.15) is 61.6 Å². The molecular formula is C27H32F3N5O9. The smallest absolute Gasteiger partial charge is 0.471 e. The summed E-state index contributed by atoms with van der Waals surface area (Å²) in [5.74, 6) is 2.56. The van der Waals surface area contributed by atoms with E-state index in [1.165, 1.54) is 19.4 Å². The molecule has 2 aromatic rings. The summed E-state index contributed by atoms with van der Waals surface area (Å²) in [4.78, 5) is 38.7.